The third-order valence-electron chi connectivity index (χ3n) is 5.32. The Hall–Kier alpha value is -1.64. The third-order valence-corrected chi connectivity index (χ3v) is 6.96. The predicted molar refractivity (Wildman–Crippen MR) is 91.2 cm³/mol. The van der Waals surface area contributed by atoms with Gasteiger partial charge < -0.3 is 15.5 Å². The molecule has 9 heteroatoms. The van der Waals surface area contributed by atoms with Crippen LogP contribution in [0.3, 0.4) is 0 Å². The monoisotopic (exact) mass is 372 g/mol. The summed E-state index contributed by atoms with van der Waals surface area (Å²) >= 11 is 1.86. The second-order valence-electron chi connectivity index (χ2n) is 7.27. The fraction of sp³-hybridized carbons (Fsp3) is 0.625. The number of thioether (sulfide) groups is 1. The highest BCUT2D eigenvalue weighted by Gasteiger charge is 2.49. The van der Waals surface area contributed by atoms with E-state index in [1.54, 1.807) is 4.90 Å². The summed E-state index contributed by atoms with van der Waals surface area (Å²) in [6.45, 7) is 3.92. The van der Waals surface area contributed by atoms with Crippen LogP contribution in [0.2, 0.25) is 0 Å². The molecule has 1 aromatic rings. The van der Waals surface area contributed by atoms with Crippen LogP contribution in [0, 0.1) is 5.41 Å². The van der Waals surface area contributed by atoms with Gasteiger partial charge in [-0.25, -0.2) is 4.98 Å². The van der Waals surface area contributed by atoms with E-state index in [2.05, 4.69) is 4.98 Å². The SMILES string of the molecule is C[C@H]1CCN1c1nc(N2CC3(CSC3)C2)cc(C(F)(F)F)c1C(N)=O. The van der Waals surface area contributed by atoms with E-state index in [0.717, 1.165) is 37.1 Å². The first kappa shape index (κ1) is 16.8. The fourth-order valence-electron chi connectivity index (χ4n) is 3.68. The second kappa shape index (κ2) is 5.43. The van der Waals surface area contributed by atoms with Crippen molar-refractivity contribution in [3.8, 4) is 0 Å². The molecule has 3 saturated heterocycles. The van der Waals surface area contributed by atoms with E-state index in [4.69, 9.17) is 5.73 Å². The van der Waals surface area contributed by atoms with Crippen LogP contribution in [0.5, 0.6) is 0 Å². The number of nitrogens with two attached hydrogens (primary N) is 1. The largest absolute Gasteiger partial charge is 0.417 e. The molecule has 4 rings (SSSR count). The number of primary amides is 1. The molecule has 1 aromatic heterocycles. The standard InChI is InChI=1S/C16H19F3N4OS/c1-9-2-3-23(9)14-12(13(20)24)10(16(17,18)19)4-11(21-14)22-5-15(6-22)7-25-8-15/h4,9H,2-3,5-8H2,1H3,(H2,20,24)/t9-/m0/s1. The molecule has 0 saturated carbocycles. The van der Waals surface area contributed by atoms with E-state index in [1.807, 2.05) is 23.6 Å². The lowest BCUT2D eigenvalue weighted by Gasteiger charge is -2.56. The quantitative estimate of drug-likeness (QED) is 0.883. The van der Waals surface area contributed by atoms with Gasteiger partial charge in [0.05, 0.1) is 11.1 Å². The van der Waals surface area contributed by atoms with Gasteiger partial charge in [-0.05, 0) is 19.4 Å². The Kier molecular flexibility index (Phi) is 3.65. The van der Waals surface area contributed by atoms with Crippen LogP contribution in [0.15, 0.2) is 6.07 Å². The van der Waals surface area contributed by atoms with Gasteiger partial charge in [-0.2, -0.15) is 24.9 Å². The molecule has 0 bridgehead atoms. The van der Waals surface area contributed by atoms with Gasteiger partial charge in [0.1, 0.15) is 11.6 Å². The van der Waals surface area contributed by atoms with Gasteiger partial charge in [-0.1, -0.05) is 0 Å². The minimum absolute atomic E-state index is 0.0488. The summed E-state index contributed by atoms with van der Waals surface area (Å²) in [6, 6.07) is 1.03. The maximum atomic E-state index is 13.6. The molecule has 0 aromatic carbocycles. The van der Waals surface area contributed by atoms with E-state index in [1.165, 1.54) is 0 Å². The molecule has 0 unspecified atom stereocenters. The van der Waals surface area contributed by atoms with E-state index in [9.17, 15) is 18.0 Å². The Morgan fingerprint density at radius 2 is 2.08 bits per heavy atom. The van der Waals surface area contributed by atoms with Gasteiger partial charge >= 0.3 is 6.18 Å². The number of aromatic nitrogens is 1. The third kappa shape index (κ3) is 2.63. The maximum absolute atomic E-state index is 13.6. The molecule has 3 aliphatic rings. The Morgan fingerprint density at radius 1 is 1.40 bits per heavy atom. The molecular formula is C16H19F3N4OS. The van der Waals surface area contributed by atoms with Crippen LogP contribution in [0.4, 0.5) is 24.8 Å². The zero-order valence-corrected chi connectivity index (χ0v) is 14.6. The number of carbonyl (C=O) groups excluding carboxylic acids is 1. The van der Waals surface area contributed by atoms with Crippen molar-refractivity contribution in [3.05, 3.63) is 17.2 Å². The first-order valence-electron chi connectivity index (χ1n) is 8.22. The molecule has 5 nitrogen and oxygen atoms in total. The highest BCUT2D eigenvalue weighted by molar-refractivity contribution is 8.00. The topological polar surface area (TPSA) is 62.5 Å². The van der Waals surface area contributed by atoms with Gasteiger partial charge in [-0.3, -0.25) is 4.79 Å². The lowest BCUT2D eigenvalue weighted by atomic mass is 9.83. The number of carbonyl (C=O) groups is 1. The Labute approximate surface area is 147 Å². The van der Waals surface area contributed by atoms with Crippen molar-refractivity contribution in [1.29, 1.82) is 0 Å². The summed E-state index contributed by atoms with van der Waals surface area (Å²) in [5.74, 6) is 1.36. The number of nitrogens with zero attached hydrogens (tertiary/aromatic N) is 3. The minimum atomic E-state index is -4.65. The van der Waals surface area contributed by atoms with Crippen molar-refractivity contribution >= 4 is 29.3 Å². The molecule has 1 atom stereocenters. The molecule has 1 amide bonds. The molecule has 2 N–H and O–H groups in total. The van der Waals surface area contributed by atoms with Crippen LogP contribution in [0.25, 0.3) is 0 Å². The Morgan fingerprint density at radius 3 is 2.48 bits per heavy atom. The van der Waals surface area contributed by atoms with Crippen molar-refractivity contribution in [2.24, 2.45) is 11.1 Å². The first-order chi connectivity index (χ1) is 11.7. The number of pyridine rings is 1. The highest BCUT2D eigenvalue weighted by atomic mass is 32.2. The number of alkyl halides is 3. The molecule has 3 fully saturated rings. The normalized spacial score (nSPS) is 24.6. The van der Waals surface area contributed by atoms with Crippen LogP contribution in [-0.4, -0.2) is 48.1 Å². The van der Waals surface area contributed by atoms with Crippen LogP contribution in [0.1, 0.15) is 29.3 Å². The van der Waals surface area contributed by atoms with Crippen molar-refractivity contribution in [2.75, 3.05) is 40.9 Å². The van der Waals surface area contributed by atoms with Crippen molar-refractivity contribution < 1.29 is 18.0 Å². The van der Waals surface area contributed by atoms with Gasteiger partial charge in [0.15, 0.2) is 0 Å². The summed E-state index contributed by atoms with van der Waals surface area (Å²) in [7, 11) is 0. The number of anilines is 2. The molecule has 0 radical (unpaired) electrons. The fourth-order valence-corrected chi connectivity index (χ4v) is 4.83. The molecule has 4 heterocycles. The second-order valence-corrected chi connectivity index (χ2v) is 8.25. The maximum Gasteiger partial charge on any atom is 0.417 e. The number of halogens is 3. The van der Waals surface area contributed by atoms with Crippen molar-refractivity contribution in [2.45, 2.75) is 25.6 Å². The predicted octanol–water partition coefficient (Wildman–Crippen LogP) is 2.35. The Bertz CT molecular complexity index is 727. The van der Waals surface area contributed by atoms with Crippen LogP contribution in [-0.2, 0) is 6.18 Å². The summed E-state index contributed by atoms with van der Waals surface area (Å²) in [5.41, 5.74) is 4.03. The zero-order valence-electron chi connectivity index (χ0n) is 13.8. The van der Waals surface area contributed by atoms with E-state index in [-0.39, 0.29) is 23.1 Å². The van der Waals surface area contributed by atoms with E-state index in [0.29, 0.717) is 6.54 Å². The zero-order chi connectivity index (χ0) is 18.0. The van der Waals surface area contributed by atoms with E-state index >= 15 is 0 Å². The summed E-state index contributed by atoms with van der Waals surface area (Å²) < 4.78 is 40.8. The van der Waals surface area contributed by atoms with Gasteiger partial charge in [0.25, 0.3) is 5.91 Å². The number of amides is 1. The number of hydrogen-bond donors (Lipinski definition) is 1. The lowest BCUT2D eigenvalue weighted by Crippen LogP contribution is -2.63. The van der Waals surface area contributed by atoms with Gasteiger partial charge in [0.2, 0.25) is 0 Å². The average Bonchev–Trinajstić information content (AvgIpc) is 2.41. The van der Waals surface area contributed by atoms with Crippen molar-refractivity contribution in [3.63, 3.8) is 0 Å². The van der Waals surface area contributed by atoms with Gasteiger partial charge in [0, 0.05) is 42.6 Å². The van der Waals surface area contributed by atoms with Crippen molar-refractivity contribution in [1.82, 2.24) is 4.98 Å². The smallest absolute Gasteiger partial charge is 0.365 e. The number of hydrogen-bond acceptors (Lipinski definition) is 5. The number of rotatable bonds is 3. The van der Waals surface area contributed by atoms with E-state index < -0.39 is 23.2 Å². The summed E-state index contributed by atoms with van der Waals surface area (Å²) in [4.78, 5) is 19.8. The Balaban J connectivity index is 1.77. The van der Waals surface area contributed by atoms with Crippen LogP contribution < -0.4 is 15.5 Å². The van der Waals surface area contributed by atoms with Crippen LogP contribution >= 0.6 is 11.8 Å². The molecule has 3 aliphatic heterocycles. The minimum Gasteiger partial charge on any atom is -0.365 e. The summed E-state index contributed by atoms with van der Waals surface area (Å²) in [5, 5.41) is 0. The molecular weight excluding hydrogens is 353 g/mol. The lowest BCUT2D eigenvalue weighted by molar-refractivity contribution is -0.137. The molecule has 0 aliphatic carbocycles. The molecule has 25 heavy (non-hydrogen) atoms. The molecule has 1 spiro atoms. The average molecular weight is 372 g/mol. The first-order valence-corrected chi connectivity index (χ1v) is 9.37. The summed E-state index contributed by atoms with van der Waals surface area (Å²) in [6.07, 6.45) is -3.80. The highest BCUT2D eigenvalue weighted by Crippen LogP contribution is 2.48. The molecule has 136 valence electrons. The van der Waals surface area contributed by atoms with Gasteiger partial charge in [-0.15, -0.1) is 0 Å².